The Balaban J connectivity index is 1.82. The van der Waals surface area contributed by atoms with Crippen molar-refractivity contribution in [1.82, 2.24) is 4.90 Å². The van der Waals surface area contributed by atoms with E-state index in [-0.39, 0.29) is 16.1 Å². The molecule has 0 aromatic heterocycles. The zero-order chi connectivity index (χ0) is 20.7. The second-order valence-electron chi connectivity index (χ2n) is 6.99. The van der Waals surface area contributed by atoms with E-state index in [1.54, 1.807) is 23.9 Å². The van der Waals surface area contributed by atoms with Gasteiger partial charge in [-0.3, -0.25) is 10.1 Å². The van der Waals surface area contributed by atoms with Crippen molar-refractivity contribution in [3.05, 3.63) is 58.6 Å². The van der Waals surface area contributed by atoms with Gasteiger partial charge >= 0.3 is 0 Å². The average molecular weight is 437 g/mol. The van der Waals surface area contributed by atoms with E-state index in [0.717, 1.165) is 43.7 Å². The van der Waals surface area contributed by atoms with E-state index in [1.807, 2.05) is 18.2 Å². The normalized spacial score (nSPS) is 16.5. The Kier molecular flexibility index (Phi) is 7.76. The van der Waals surface area contributed by atoms with Crippen molar-refractivity contribution in [2.24, 2.45) is 5.90 Å². The molecule has 3 rings (SSSR count). The fraction of sp³-hybridized carbons (Fsp3) is 0.368. The van der Waals surface area contributed by atoms with Crippen molar-refractivity contribution in [2.45, 2.75) is 28.2 Å². The Morgan fingerprint density at radius 2 is 1.93 bits per heavy atom. The molecule has 1 saturated heterocycles. The first-order valence-corrected chi connectivity index (χ1v) is 10.9. The number of nitrogens with one attached hydrogen (secondary N) is 1. The first-order valence-electron chi connectivity index (χ1n) is 9.14. The molecule has 0 radical (unpaired) electrons. The van der Waals surface area contributed by atoms with E-state index in [4.69, 9.17) is 5.90 Å². The summed E-state index contributed by atoms with van der Waals surface area (Å²) in [5.74, 6) is 5.66. The summed E-state index contributed by atoms with van der Waals surface area (Å²) in [6, 6.07) is 15.1. The van der Waals surface area contributed by atoms with Crippen LogP contribution in [0.5, 0.6) is 0 Å². The summed E-state index contributed by atoms with van der Waals surface area (Å²) in [5, 5.41) is 15.2. The number of likely N-dealkylation sites (tertiary alicyclic amines) is 1. The van der Waals surface area contributed by atoms with Crippen LogP contribution in [-0.4, -0.2) is 41.3 Å². The zero-order valence-corrected chi connectivity index (χ0v) is 17.7. The molecule has 0 atom stereocenters. The van der Waals surface area contributed by atoms with Gasteiger partial charge in [-0.2, -0.15) is 5.90 Å². The molecule has 1 aliphatic rings. The molecule has 0 spiro atoms. The highest BCUT2D eigenvalue weighted by Crippen LogP contribution is 2.37. The van der Waals surface area contributed by atoms with Gasteiger partial charge in [0.2, 0.25) is 0 Å². The molecule has 1 heterocycles. The highest BCUT2D eigenvalue weighted by Gasteiger charge is 2.35. The Morgan fingerprint density at radius 1 is 1.21 bits per heavy atom. The van der Waals surface area contributed by atoms with Gasteiger partial charge < -0.3 is 10.2 Å². The van der Waals surface area contributed by atoms with E-state index < -0.39 is 0 Å². The highest BCUT2D eigenvalue weighted by atomic mass is 32.2. The van der Waals surface area contributed by atoms with Gasteiger partial charge in [0.15, 0.2) is 0 Å². The molecule has 0 aliphatic carbocycles. The molecular weight excluding hydrogens is 412 g/mol. The molecule has 3 N–H and O–H groups in total. The van der Waals surface area contributed by atoms with Crippen LogP contribution in [0.4, 0.5) is 11.4 Å². The molecule has 8 nitrogen and oxygen atoms in total. The van der Waals surface area contributed by atoms with Gasteiger partial charge in [0.1, 0.15) is 5.69 Å². The zero-order valence-electron chi connectivity index (χ0n) is 16.1. The monoisotopic (exact) mass is 436 g/mol. The summed E-state index contributed by atoms with van der Waals surface area (Å²) in [7, 11) is 2.10. The number of hydrogen-bond acceptors (Lipinski definition) is 9. The Hall–Kier alpha value is -1.82. The highest BCUT2D eigenvalue weighted by molar-refractivity contribution is 7.99. The van der Waals surface area contributed by atoms with Crippen LogP contribution in [0.25, 0.3) is 0 Å². The van der Waals surface area contributed by atoms with E-state index in [1.165, 1.54) is 11.0 Å². The van der Waals surface area contributed by atoms with Gasteiger partial charge in [0, 0.05) is 40.2 Å². The standard InChI is InChI=1S/C19H24N4O4S2/c1-22-11-9-19(10-12-22,14-28-15-5-3-2-4-6-15)21-17-8-7-16(29-27-26-20)13-18(17)23(24)25/h2-8,13,21H,9-12,14,20H2,1H3. The second-order valence-corrected chi connectivity index (χ2v) is 8.82. The second kappa shape index (κ2) is 10.3. The fourth-order valence-electron chi connectivity index (χ4n) is 3.25. The van der Waals surface area contributed by atoms with Gasteiger partial charge in [0.05, 0.1) is 17.0 Å². The predicted octanol–water partition coefficient (Wildman–Crippen LogP) is 4.09. The summed E-state index contributed by atoms with van der Waals surface area (Å²) in [6.45, 7) is 1.87. The lowest BCUT2D eigenvalue weighted by atomic mass is 9.89. The number of hydrogen-bond donors (Lipinski definition) is 2. The molecule has 1 fully saturated rings. The van der Waals surface area contributed by atoms with Crippen LogP contribution in [0.15, 0.2) is 58.3 Å². The number of nitrogens with two attached hydrogens (primary N) is 1. The van der Waals surface area contributed by atoms with Gasteiger partial charge in [-0.1, -0.05) is 18.2 Å². The molecule has 0 bridgehead atoms. The Morgan fingerprint density at radius 3 is 2.59 bits per heavy atom. The molecule has 29 heavy (non-hydrogen) atoms. The summed E-state index contributed by atoms with van der Waals surface area (Å²) in [5.41, 5.74) is 0.272. The number of nitrogens with zero attached hydrogens (tertiary/aromatic N) is 2. The summed E-state index contributed by atoms with van der Waals surface area (Å²) in [4.78, 5) is 19.4. The molecule has 2 aromatic carbocycles. The molecular formula is C19H24N4O4S2. The molecule has 0 unspecified atom stereocenters. The lowest BCUT2D eigenvalue weighted by molar-refractivity contribution is -0.384. The number of rotatable bonds is 9. The maximum atomic E-state index is 11.7. The number of piperidine rings is 1. The number of nitro benzene ring substituents is 1. The number of anilines is 1. The van der Waals surface area contributed by atoms with Gasteiger partial charge in [-0.25, -0.2) is 0 Å². The number of nitro groups is 1. The van der Waals surface area contributed by atoms with Gasteiger partial charge in [-0.05, 0) is 44.2 Å². The third-order valence-corrected chi connectivity index (χ3v) is 6.83. The molecule has 156 valence electrons. The van der Waals surface area contributed by atoms with Crippen molar-refractivity contribution in [3.63, 3.8) is 0 Å². The van der Waals surface area contributed by atoms with Crippen molar-refractivity contribution < 1.29 is 14.2 Å². The van der Waals surface area contributed by atoms with E-state index >= 15 is 0 Å². The van der Waals surface area contributed by atoms with Crippen molar-refractivity contribution in [2.75, 3.05) is 31.2 Å². The quantitative estimate of drug-likeness (QED) is 0.198. The molecule has 1 aliphatic heterocycles. The Labute approximate surface area is 178 Å². The van der Waals surface area contributed by atoms with Gasteiger partial charge in [0.25, 0.3) is 5.69 Å². The van der Waals surface area contributed by atoms with Gasteiger partial charge in [-0.15, -0.1) is 21.1 Å². The van der Waals surface area contributed by atoms with Crippen LogP contribution in [0, 0.1) is 10.1 Å². The van der Waals surface area contributed by atoms with E-state index in [0.29, 0.717) is 10.6 Å². The minimum Gasteiger partial charge on any atom is -0.373 e. The Bertz CT molecular complexity index is 817. The minimum absolute atomic E-state index is 0.00126. The molecule has 0 saturated carbocycles. The molecule has 2 aromatic rings. The minimum atomic E-state index is -0.386. The smallest absolute Gasteiger partial charge is 0.293 e. The number of thioether (sulfide) groups is 1. The summed E-state index contributed by atoms with van der Waals surface area (Å²) in [6.07, 6.45) is 1.81. The molecule has 0 amide bonds. The average Bonchev–Trinajstić information content (AvgIpc) is 2.74. The topological polar surface area (TPSA) is 103 Å². The van der Waals surface area contributed by atoms with Crippen LogP contribution >= 0.6 is 23.8 Å². The lowest BCUT2D eigenvalue weighted by Crippen LogP contribution is -2.50. The fourth-order valence-corrected chi connectivity index (χ4v) is 4.81. The maximum absolute atomic E-state index is 11.7. The van der Waals surface area contributed by atoms with Crippen molar-refractivity contribution in [3.8, 4) is 0 Å². The summed E-state index contributed by atoms with van der Waals surface area (Å²) < 4.78 is 4.61. The number of benzene rings is 2. The van der Waals surface area contributed by atoms with Crippen molar-refractivity contribution in [1.29, 1.82) is 0 Å². The molecule has 10 heteroatoms. The van der Waals surface area contributed by atoms with Crippen LogP contribution in [0.2, 0.25) is 0 Å². The predicted molar refractivity (Wildman–Crippen MR) is 116 cm³/mol. The lowest BCUT2D eigenvalue weighted by Gasteiger charge is -2.41. The van der Waals surface area contributed by atoms with E-state index in [9.17, 15) is 10.1 Å². The first-order chi connectivity index (χ1) is 14.0. The first kappa shape index (κ1) is 21.9. The van der Waals surface area contributed by atoms with Crippen LogP contribution in [-0.2, 0) is 9.32 Å². The summed E-state index contributed by atoms with van der Waals surface area (Å²) >= 11 is 2.59. The SMILES string of the molecule is CN1CCC(CSc2ccccc2)(Nc2ccc(SOON)cc2[N+](=O)[O-])CC1. The third-order valence-electron chi connectivity index (χ3n) is 4.94. The maximum Gasteiger partial charge on any atom is 0.293 e. The van der Waals surface area contributed by atoms with Crippen LogP contribution in [0.3, 0.4) is 0 Å². The van der Waals surface area contributed by atoms with Crippen LogP contribution < -0.4 is 11.2 Å². The third kappa shape index (κ3) is 6.08. The van der Waals surface area contributed by atoms with Crippen LogP contribution in [0.1, 0.15) is 12.8 Å². The van der Waals surface area contributed by atoms with Crippen molar-refractivity contribution >= 4 is 35.2 Å². The largest absolute Gasteiger partial charge is 0.373 e. The van der Waals surface area contributed by atoms with E-state index in [2.05, 4.69) is 38.7 Å².